The van der Waals surface area contributed by atoms with Gasteiger partial charge in [-0.2, -0.15) is 0 Å². The lowest BCUT2D eigenvalue weighted by atomic mass is 10.00. The van der Waals surface area contributed by atoms with Crippen molar-refractivity contribution in [2.45, 2.75) is 19.8 Å². The lowest BCUT2D eigenvalue weighted by molar-refractivity contribution is -0.124. The molecule has 0 heterocycles. The summed E-state index contributed by atoms with van der Waals surface area (Å²) in [7, 11) is 0. The Hall–Kier alpha value is -2.20. The second kappa shape index (κ2) is 7.88. The van der Waals surface area contributed by atoms with Gasteiger partial charge in [0.1, 0.15) is 0 Å². The molecule has 23 heavy (non-hydrogen) atoms. The first kappa shape index (κ1) is 17.2. The van der Waals surface area contributed by atoms with E-state index in [1.165, 1.54) is 12.1 Å². The molecule has 3 N–H and O–H groups in total. The van der Waals surface area contributed by atoms with E-state index in [1.807, 2.05) is 31.2 Å². The minimum Gasteiger partial charge on any atom is -0.504 e. The van der Waals surface area contributed by atoms with Gasteiger partial charge < -0.3 is 15.5 Å². The molecule has 5 heteroatoms. The summed E-state index contributed by atoms with van der Waals surface area (Å²) in [5, 5.41) is 22.4. The summed E-state index contributed by atoms with van der Waals surface area (Å²) in [4.78, 5) is 12.1. The van der Waals surface area contributed by atoms with Gasteiger partial charge in [-0.1, -0.05) is 42.8 Å². The third kappa shape index (κ3) is 4.89. The number of nitrogens with one attached hydrogen (secondary N) is 1. The van der Waals surface area contributed by atoms with Crippen molar-refractivity contribution < 1.29 is 15.0 Å². The number of hydrogen-bond donors (Lipinski definition) is 3. The van der Waals surface area contributed by atoms with Gasteiger partial charge in [0.25, 0.3) is 0 Å². The standard InChI is InChI=1S/C18H20ClNO3/c1-12(10-13-6-7-16(21)17(22)11-13)18(23)20-9-8-14-4-2-3-5-15(14)19/h2-7,11-12,21-22H,8-10H2,1H3,(H,20,23). The van der Waals surface area contributed by atoms with E-state index in [9.17, 15) is 15.0 Å². The zero-order chi connectivity index (χ0) is 16.8. The fourth-order valence-corrected chi connectivity index (χ4v) is 2.57. The van der Waals surface area contributed by atoms with Gasteiger partial charge in [0, 0.05) is 17.5 Å². The number of halogens is 1. The molecule has 0 aliphatic carbocycles. The summed E-state index contributed by atoms with van der Waals surface area (Å²) in [5.74, 6) is -0.616. The van der Waals surface area contributed by atoms with E-state index >= 15 is 0 Å². The number of amides is 1. The predicted molar refractivity (Wildman–Crippen MR) is 90.8 cm³/mol. The maximum atomic E-state index is 12.1. The maximum Gasteiger partial charge on any atom is 0.223 e. The fourth-order valence-electron chi connectivity index (χ4n) is 2.34. The highest BCUT2D eigenvalue weighted by Gasteiger charge is 2.14. The number of carbonyl (C=O) groups excluding carboxylic acids is 1. The lowest BCUT2D eigenvalue weighted by Gasteiger charge is -2.13. The van der Waals surface area contributed by atoms with E-state index in [1.54, 1.807) is 6.07 Å². The predicted octanol–water partition coefficient (Wildman–Crippen LogP) is 3.29. The number of rotatable bonds is 6. The van der Waals surface area contributed by atoms with E-state index in [4.69, 9.17) is 11.6 Å². The molecule has 0 saturated heterocycles. The molecule has 4 nitrogen and oxygen atoms in total. The van der Waals surface area contributed by atoms with Gasteiger partial charge in [0.05, 0.1) is 0 Å². The molecular weight excluding hydrogens is 314 g/mol. The molecule has 0 aromatic heterocycles. The van der Waals surface area contributed by atoms with Crippen LogP contribution >= 0.6 is 11.6 Å². The second-order valence-corrected chi connectivity index (χ2v) is 5.97. The molecule has 122 valence electrons. The Bertz CT molecular complexity index is 688. The number of aromatic hydroxyl groups is 2. The van der Waals surface area contributed by atoms with Crippen LogP contribution in [0.2, 0.25) is 5.02 Å². The number of benzene rings is 2. The van der Waals surface area contributed by atoms with E-state index in [0.717, 1.165) is 11.1 Å². The smallest absolute Gasteiger partial charge is 0.223 e. The Labute approximate surface area is 140 Å². The van der Waals surface area contributed by atoms with E-state index in [0.29, 0.717) is 24.4 Å². The van der Waals surface area contributed by atoms with Crippen molar-refractivity contribution >= 4 is 17.5 Å². The Morgan fingerprint density at radius 1 is 1.17 bits per heavy atom. The quantitative estimate of drug-likeness (QED) is 0.710. The van der Waals surface area contributed by atoms with Crippen LogP contribution in [0.4, 0.5) is 0 Å². The second-order valence-electron chi connectivity index (χ2n) is 5.56. The Morgan fingerprint density at radius 3 is 2.61 bits per heavy atom. The Kier molecular flexibility index (Phi) is 5.88. The van der Waals surface area contributed by atoms with Gasteiger partial charge in [-0.25, -0.2) is 0 Å². The van der Waals surface area contributed by atoms with Crippen molar-refractivity contribution in [1.82, 2.24) is 5.32 Å². The zero-order valence-electron chi connectivity index (χ0n) is 12.9. The van der Waals surface area contributed by atoms with Crippen molar-refractivity contribution in [3.05, 3.63) is 58.6 Å². The van der Waals surface area contributed by atoms with Gasteiger partial charge in [0.15, 0.2) is 11.5 Å². The Balaban J connectivity index is 1.83. The van der Waals surface area contributed by atoms with Crippen LogP contribution in [0.15, 0.2) is 42.5 Å². The summed E-state index contributed by atoms with van der Waals surface area (Å²) in [6.45, 7) is 2.35. The molecule has 2 rings (SSSR count). The van der Waals surface area contributed by atoms with Crippen LogP contribution in [-0.2, 0) is 17.6 Å². The molecular formula is C18H20ClNO3. The largest absolute Gasteiger partial charge is 0.504 e. The molecule has 0 aliphatic heterocycles. The van der Waals surface area contributed by atoms with Gasteiger partial charge >= 0.3 is 0 Å². The van der Waals surface area contributed by atoms with Crippen LogP contribution in [0.3, 0.4) is 0 Å². The van der Waals surface area contributed by atoms with Crippen molar-refractivity contribution in [2.75, 3.05) is 6.54 Å². The maximum absolute atomic E-state index is 12.1. The third-order valence-electron chi connectivity index (χ3n) is 3.68. The molecule has 1 amide bonds. The molecule has 0 fully saturated rings. The molecule has 0 aliphatic rings. The van der Waals surface area contributed by atoms with Crippen molar-refractivity contribution in [3.63, 3.8) is 0 Å². The highest BCUT2D eigenvalue weighted by atomic mass is 35.5. The van der Waals surface area contributed by atoms with E-state index < -0.39 is 0 Å². The van der Waals surface area contributed by atoms with Gasteiger partial charge in [-0.3, -0.25) is 4.79 Å². The number of hydrogen-bond acceptors (Lipinski definition) is 3. The fraction of sp³-hybridized carbons (Fsp3) is 0.278. The van der Waals surface area contributed by atoms with Gasteiger partial charge in [-0.05, 0) is 42.2 Å². The minimum atomic E-state index is -0.231. The van der Waals surface area contributed by atoms with Crippen LogP contribution in [-0.4, -0.2) is 22.7 Å². The molecule has 1 atom stereocenters. The SMILES string of the molecule is CC(Cc1ccc(O)c(O)c1)C(=O)NCCc1ccccc1Cl. The van der Waals surface area contributed by atoms with E-state index in [-0.39, 0.29) is 23.3 Å². The first-order valence-corrected chi connectivity index (χ1v) is 7.87. The Morgan fingerprint density at radius 2 is 1.91 bits per heavy atom. The van der Waals surface area contributed by atoms with E-state index in [2.05, 4.69) is 5.32 Å². The molecule has 2 aromatic rings. The molecule has 0 radical (unpaired) electrons. The summed E-state index contributed by atoms with van der Waals surface area (Å²) < 4.78 is 0. The van der Waals surface area contributed by atoms with Crippen molar-refractivity contribution in [3.8, 4) is 11.5 Å². The average molecular weight is 334 g/mol. The normalized spacial score (nSPS) is 11.9. The minimum absolute atomic E-state index is 0.0513. The molecule has 1 unspecified atom stereocenters. The number of carbonyl (C=O) groups is 1. The van der Waals surface area contributed by atoms with Gasteiger partial charge in [0.2, 0.25) is 5.91 Å². The number of phenolic OH excluding ortho intramolecular Hbond substituents is 2. The summed E-state index contributed by atoms with van der Waals surface area (Å²) >= 11 is 6.08. The summed E-state index contributed by atoms with van der Waals surface area (Å²) in [6.07, 6.45) is 1.17. The summed E-state index contributed by atoms with van der Waals surface area (Å²) in [6, 6.07) is 12.2. The molecule has 0 saturated carbocycles. The number of phenols is 2. The zero-order valence-corrected chi connectivity index (χ0v) is 13.7. The highest BCUT2D eigenvalue weighted by Crippen LogP contribution is 2.26. The molecule has 0 bridgehead atoms. The first-order chi connectivity index (χ1) is 11.0. The molecule has 2 aromatic carbocycles. The van der Waals surface area contributed by atoms with Crippen LogP contribution in [0.5, 0.6) is 11.5 Å². The average Bonchev–Trinajstić information content (AvgIpc) is 2.52. The van der Waals surface area contributed by atoms with Crippen LogP contribution in [0, 0.1) is 5.92 Å². The molecule has 0 spiro atoms. The van der Waals surface area contributed by atoms with Crippen molar-refractivity contribution in [1.29, 1.82) is 0 Å². The third-order valence-corrected chi connectivity index (χ3v) is 4.05. The van der Waals surface area contributed by atoms with Crippen molar-refractivity contribution in [2.24, 2.45) is 5.92 Å². The lowest BCUT2D eigenvalue weighted by Crippen LogP contribution is -2.31. The van der Waals surface area contributed by atoms with Crippen LogP contribution in [0.25, 0.3) is 0 Å². The topological polar surface area (TPSA) is 69.6 Å². The van der Waals surface area contributed by atoms with Crippen LogP contribution in [0.1, 0.15) is 18.1 Å². The first-order valence-electron chi connectivity index (χ1n) is 7.49. The summed E-state index contributed by atoms with van der Waals surface area (Å²) in [5.41, 5.74) is 1.81. The van der Waals surface area contributed by atoms with Crippen LogP contribution < -0.4 is 5.32 Å². The highest BCUT2D eigenvalue weighted by molar-refractivity contribution is 6.31. The monoisotopic (exact) mass is 333 g/mol. The van der Waals surface area contributed by atoms with Gasteiger partial charge in [-0.15, -0.1) is 0 Å².